The lowest BCUT2D eigenvalue weighted by molar-refractivity contribution is -0.660. The summed E-state index contributed by atoms with van der Waals surface area (Å²) >= 11 is 0. The fourth-order valence-electron chi connectivity index (χ4n) is 3.10. The number of aryl methyl sites for hydroxylation is 4. The van der Waals surface area contributed by atoms with Crippen molar-refractivity contribution in [3.63, 3.8) is 0 Å². The molecule has 4 rings (SSSR count). The second-order valence-electron chi connectivity index (χ2n) is 6.00. The summed E-state index contributed by atoms with van der Waals surface area (Å²) in [6.45, 7) is 1.91. The first-order chi connectivity index (χ1) is 12.2. The van der Waals surface area contributed by atoms with E-state index in [1.807, 2.05) is 36.7 Å². The summed E-state index contributed by atoms with van der Waals surface area (Å²) in [5, 5.41) is 2.12. The van der Waals surface area contributed by atoms with Crippen molar-refractivity contribution in [1.82, 2.24) is 4.98 Å². The molecule has 0 aliphatic rings. The molecule has 4 aromatic rings. The largest absolute Gasteiger partial charge is 0.454 e. The van der Waals surface area contributed by atoms with Gasteiger partial charge in [0.1, 0.15) is 12.6 Å². The summed E-state index contributed by atoms with van der Waals surface area (Å²) in [4.78, 5) is 4.30. The second kappa shape index (κ2) is 4.92. The minimum Gasteiger partial charge on any atom is -0.454 e. The molecule has 0 N–H and O–H groups in total. The van der Waals surface area contributed by atoms with Crippen LogP contribution in [-0.2, 0) is 7.05 Å². The van der Waals surface area contributed by atoms with Crippen molar-refractivity contribution >= 4 is 21.9 Å². The van der Waals surface area contributed by atoms with Crippen LogP contribution in [-0.4, -0.2) is 4.98 Å². The zero-order valence-electron chi connectivity index (χ0n) is 16.3. The molecule has 3 heterocycles. The van der Waals surface area contributed by atoms with Crippen LogP contribution in [0.25, 0.3) is 33.2 Å². The van der Waals surface area contributed by atoms with Crippen molar-refractivity contribution in [2.24, 2.45) is 7.05 Å². The molecule has 0 radical (unpaired) electrons. The first-order valence-corrected chi connectivity index (χ1v) is 7.54. The highest BCUT2D eigenvalue weighted by Crippen LogP contribution is 2.33. The fourth-order valence-corrected chi connectivity index (χ4v) is 3.10. The van der Waals surface area contributed by atoms with Gasteiger partial charge in [0.05, 0.1) is 11.8 Å². The van der Waals surface area contributed by atoms with E-state index in [-0.39, 0.29) is 0 Å². The van der Waals surface area contributed by atoms with E-state index in [0.717, 1.165) is 44.5 Å². The van der Waals surface area contributed by atoms with Crippen LogP contribution in [0.3, 0.4) is 0 Å². The number of rotatable bonds is 1. The average Bonchev–Trinajstić information content (AvgIpc) is 2.90. The Hall–Kier alpha value is -2.68. The third kappa shape index (κ3) is 2.20. The van der Waals surface area contributed by atoms with Crippen LogP contribution >= 0.6 is 0 Å². The van der Waals surface area contributed by atoms with Crippen molar-refractivity contribution in [1.29, 1.82) is 0 Å². The predicted molar refractivity (Wildman–Crippen MR) is 92.3 cm³/mol. The third-order valence-corrected chi connectivity index (χ3v) is 4.25. The Labute approximate surface area is 139 Å². The van der Waals surface area contributed by atoms with Gasteiger partial charge in [0.2, 0.25) is 5.69 Å². The van der Waals surface area contributed by atoms with Crippen LogP contribution in [0.1, 0.15) is 20.9 Å². The lowest BCUT2D eigenvalue weighted by Crippen LogP contribution is -2.31. The van der Waals surface area contributed by atoms with Gasteiger partial charge in [0, 0.05) is 32.2 Å². The number of aromatic nitrogens is 2. The van der Waals surface area contributed by atoms with Crippen LogP contribution in [0.15, 0.2) is 47.1 Å². The Morgan fingerprint density at radius 3 is 2.70 bits per heavy atom. The van der Waals surface area contributed by atoms with Crippen molar-refractivity contribution in [3.8, 4) is 11.3 Å². The van der Waals surface area contributed by atoms with E-state index >= 15 is 0 Å². The summed E-state index contributed by atoms with van der Waals surface area (Å²) in [7, 11) is 1.86. The molecule has 0 saturated heterocycles. The number of benzene rings is 1. The third-order valence-electron chi connectivity index (χ3n) is 4.25. The Morgan fingerprint density at radius 1 is 1.09 bits per heavy atom. The maximum Gasteiger partial charge on any atom is 0.212 e. The van der Waals surface area contributed by atoms with Gasteiger partial charge in [-0.05, 0) is 50.5 Å². The zero-order valence-corrected chi connectivity index (χ0v) is 13.3. The first kappa shape index (κ1) is 10.9. The van der Waals surface area contributed by atoms with E-state index in [0.29, 0.717) is 5.56 Å². The standard InChI is InChI=1S/C20H19N2O/c1-12-5-6-18(22(4)11-12)15-9-19-16(7-13(15)2)17-8-14(3)21-10-20(17)23-19/h5-11H,1-4H3/q+1/i1D3. The number of furan rings is 1. The molecule has 0 fully saturated rings. The maximum absolute atomic E-state index is 7.57. The molecule has 0 saturated carbocycles. The Kier molecular flexibility index (Phi) is 2.34. The first-order valence-electron chi connectivity index (χ1n) is 9.04. The summed E-state index contributed by atoms with van der Waals surface area (Å²) in [6.07, 6.45) is 3.42. The molecule has 3 nitrogen and oxygen atoms in total. The van der Waals surface area contributed by atoms with Crippen molar-refractivity contribution < 1.29 is 13.1 Å². The SMILES string of the molecule is [2H]C([2H])([2H])c1ccc(-c2cc3oc4cnc(C)cc4c3cc2C)[n+](C)c1. The summed E-state index contributed by atoms with van der Waals surface area (Å²) in [5.74, 6) is 0. The van der Waals surface area contributed by atoms with Crippen LogP contribution < -0.4 is 4.57 Å². The van der Waals surface area contributed by atoms with E-state index in [1.165, 1.54) is 0 Å². The number of fused-ring (bicyclic) bond motifs is 3. The van der Waals surface area contributed by atoms with Gasteiger partial charge in [-0.2, -0.15) is 0 Å². The smallest absolute Gasteiger partial charge is 0.212 e. The van der Waals surface area contributed by atoms with Crippen LogP contribution in [0, 0.1) is 20.7 Å². The highest BCUT2D eigenvalue weighted by Gasteiger charge is 2.16. The van der Waals surface area contributed by atoms with Crippen molar-refractivity contribution in [2.45, 2.75) is 20.7 Å². The van der Waals surface area contributed by atoms with E-state index in [9.17, 15) is 0 Å². The van der Waals surface area contributed by atoms with Gasteiger partial charge >= 0.3 is 0 Å². The second-order valence-corrected chi connectivity index (χ2v) is 6.00. The predicted octanol–water partition coefficient (Wildman–Crippen LogP) is 4.40. The summed E-state index contributed by atoms with van der Waals surface area (Å²) in [6, 6.07) is 9.69. The number of nitrogens with zero attached hydrogens (tertiary/aromatic N) is 2. The molecular weight excluding hydrogens is 284 g/mol. The van der Waals surface area contributed by atoms with E-state index < -0.39 is 6.85 Å². The van der Waals surface area contributed by atoms with E-state index in [2.05, 4.69) is 18.0 Å². The van der Waals surface area contributed by atoms with Crippen LogP contribution in [0.4, 0.5) is 0 Å². The van der Waals surface area contributed by atoms with Crippen LogP contribution in [0.2, 0.25) is 0 Å². The Morgan fingerprint density at radius 2 is 1.91 bits per heavy atom. The number of hydrogen-bond acceptors (Lipinski definition) is 2. The minimum absolute atomic E-state index is 0.327. The lowest BCUT2D eigenvalue weighted by atomic mass is 10.0. The van der Waals surface area contributed by atoms with Gasteiger partial charge in [0.25, 0.3) is 0 Å². The monoisotopic (exact) mass is 306 g/mol. The van der Waals surface area contributed by atoms with E-state index in [4.69, 9.17) is 8.53 Å². The molecule has 0 bridgehead atoms. The number of pyridine rings is 2. The topological polar surface area (TPSA) is 29.9 Å². The zero-order chi connectivity index (χ0) is 18.6. The highest BCUT2D eigenvalue weighted by molar-refractivity contribution is 6.06. The van der Waals surface area contributed by atoms with E-state index in [1.54, 1.807) is 18.5 Å². The molecule has 0 aliphatic carbocycles. The molecule has 114 valence electrons. The maximum atomic E-state index is 7.57. The van der Waals surface area contributed by atoms with Gasteiger partial charge < -0.3 is 4.42 Å². The van der Waals surface area contributed by atoms with Crippen molar-refractivity contribution in [2.75, 3.05) is 0 Å². The highest BCUT2D eigenvalue weighted by atomic mass is 16.3. The molecule has 3 heteroatoms. The summed E-state index contributed by atoms with van der Waals surface area (Å²) < 4.78 is 30.6. The van der Waals surface area contributed by atoms with Gasteiger partial charge in [-0.1, -0.05) is 0 Å². The van der Waals surface area contributed by atoms with Gasteiger partial charge in [-0.25, -0.2) is 4.57 Å². The van der Waals surface area contributed by atoms with Gasteiger partial charge in [-0.15, -0.1) is 0 Å². The minimum atomic E-state index is -2.11. The molecule has 1 aromatic carbocycles. The Bertz CT molecular complexity index is 1160. The molecule has 3 aromatic heterocycles. The Balaban J connectivity index is 1.92. The molecule has 23 heavy (non-hydrogen) atoms. The van der Waals surface area contributed by atoms with Crippen molar-refractivity contribution in [3.05, 3.63) is 59.5 Å². The molecule has 0 aliphatic heterocycles. The molecule has 0 spiro atoms. The fraction of sp³-hybridized carbons (Fsp3) is 0.200. The number of hydrogen-bond donors (Lipinski definition) is 0. The lowest BCUT2D eigenvalue weighted by Gasteiger charge is -2.05. The molecular formula is C20H19N2O+. The summed E-state index contributed by atoms with van der Waals surface area (Å²) in [5.41, 5.74) is 5.90. The molecule has 0 unspecified atom stereocenters. The molecule has 0 amide bonds. The van der Waals surface area contributed by atoms with Gasteiger partial charge in [0.15, 0.2) is 11.8 Å². The molecule has 0 atom stereocenters. The van der Waals surface area contributed by atoms with Gasteiger partial charge in [-0.3, -0.25) is 4.98 Å². The van der Waals surface area contributed by atoms with Crippen LogP contribution in [0.5, 0.6) is 0 Å². The quantitative estimate of drug-likeness (QED) is 0.488. The normalized spacial score (nSPS) is 14.0. The average molecular weight is 306 g/mol.